The third-order valence-corrected chi connectivity index (χ3v) is 1.74. The van der Waals surface area contributed by atoms with Gasteiger partial charge in [-0.25, -0.2) is 5.84 Å². The molecular formula is C9H12N2O2. The van der Waals surface area contributed by atoms with E-state index in [0.717, 1.165) is 5.56 Å². The number of amides is 1. The van der Waals surface area contributed by atoms with Gasteiger partial charge in [-0.3, -0.25) is 10.2 Å². The van der Waals surface area contributed by atoms with Crippen molar-refractivity contribution in [3.8, 4) is 5.75 Å². The van der Waals surface area contributed by atoms with Crippen LogP contribution in [0, 0.1) is 0 Å². The molecule has 0 saturated heterocycles. The molecule has 4 N–H and O–H groups in total. The van der Waals surface area contributed by atoms with E-state index in [9.17, 15) is 4.79 Å². The second kappa shape index (κ2) is 4.47. The second-order valence-electron chi connectivity index (χ2n) is 2.73. The number of rotatable bonds is 3. The summed E-state index contributed by atoms with van der Waals surface area (Å²) in [7, 11) is 0. The number of hydrazine groups is 1. The molecular weight excluding hydrogens is 168 g/mol. The van der Waals surface area contributed by atoms with E-state index in [0.29, 0.717) is 12.8 Å². The van der Waals surface area contributed by atoms with Gasteiger partial charge < -0.3 is 5.11 Å². The first-order valence-electron chi connectivity index (χ1n) is 3.99. The number of hydrogen-bond acceptors (Lipinski definition) is 3. The van der Waals surface area contributed by atoms with Gasteiger partial charge in [0.1, 0.15) is 5.75 Å². The van der Waals surface area contributed by atoms with Gasteiger partial charge in [-0.1, -0.05) is 12.1 Å². The van der Waals surface area contributed by atoms with Gasteiger partial charge >= 0.3 is 0 Å². The van der Waals surface area contributed by atoms with E-state index in [1.807, 2.05) is 0 Å². The third kappa shape index (κ3) is 3.13. The molecule has 1 rings (SSSR count). The van der Waals surface area contributed by atoms with Gasteiger partial charge in [-0.2, -0.15) is 0 Å². The highest BCUT2D eigenvalue weighted by atomic mass is 16.3. The van der Waals surface area contributed by atoms with Gasteiger partial charge in [0.25, 0.3) is 0 Å². The fourth-order valence-electron chi connectivity index (χ4n) is 0.993. The van der Waals surface area contributed by atoms with Gasteiger partial charge in [0.05, 0.1) is 0 Å². The molecule has 0 spiro atoms. The summed E-state index contributed by atoms with van der Waals surface area (Å²) in [5, 5.41) is 8.98. The number of aryl methyl sites for hydroxylation is 1. The highest BCUT2D eigenvalue weighted by molar-refractivity contribution is 5.75. The SMILES string of the molecule is NNC(=O)CCc1ccc(O)cc1. The predicted octanol–water partition coefficient (Wildman–Crippen LogP) is 0.315. The van der Waals surface area contributed by atoms with Crippen molar-refractivity contribution in [2.24, 2.45) is 5.84 Å². The quantitative estimate of drug-likeness (QED) is 0.356. The van der Waals surface area contributed by atoms with E-state index in [2.05, 4.69) is 5.43 Å². The van der Waals surface area contributed by atoms with Crippen LogP contribution in [-0.4, -0.2) is 11.0 Å². The Morgan fingerprint density at radius 2 is 2.00 bits per heavy atom. The minimum Gasteiger partial charge on any atom is -0.508 e. The van der Waals surface area contributed by atoms with Crippen molar-refractivity contribution in [2.75, 3.05) is 0 Å². The summed E-state index contributed by atoms with van der Waals surface area (Å²) in [6, 6.07) is 6.74. The second-order valence-corrected chi connectivity index (χ2v) is 2.73. The summed E-state index contributed by atoms with van der Waals surface area (Å²) in [5.74, 6) is 4.96. The van der Waals surface area contributed by atoms with Crippen LogP contribution in [-0.2, 0) is 11.2 Å². The number of carbonyl (C=O) groups is 1. The number of carbonyl (C=O) groups excluding carboxylic acids is 1. The molecule has 0 aliphatic rings. The maximum Gasteiger partial charge on any atom is 0.234 e. The van der Waals surface area contributed by atoms with Crippen LogP contribution >= 0.6 is 0 Å². The molecule has 0 saturated carbocycles. The van der Waals surface area contributed by atoms with Crippen LogP contribution in [0.5, 0.6) is 5.75 Å². The van der Waals surface area contributed by atoms with Gasteiger partial charge in [0.15, 0.2) is 0 Å². The fraction of sp³-hybridized carbons (Fsp3) is 0.222. The summed E-state index contributed by atoms with van der Waals surface area (Å²) in [6.07, 6.45) is 0.991. The van der Waals surface area contributed by atoms with Crippen LogP contribution in [0.3, 0.4) is 0 Å². The Labute approximate surface area is 76.3 Å². The van der Waals surface area contributed by atoms with Crippen molar-refractivity contribution in [3.05, 3.63) is 29.8 Å². The lowest BCUT2D eigenvalue weighted by molar-refractivity contribution is -0.121. The molecule has 0 atom stereocenters. The minimum atomic E-state index is -0.187. The summed E-state index contributed by atoms with van der Waals surface area (Å²) in [6.45, 7) is 0. The first-order chi connectivity index (χ1) is 6.22. The van der Waals surface area contributed by atoms with Crippen molar-refractivity contribution in [1.29, 1.82) is 0 Å². The van der Waals surface area contributed by atoms with Gasteiger partial charge in [0, 0.05) is 6.42 Å². The number of nitrogens with one attached hydrogen (secondary N) is 1. The van der Waals surface area contributed by atoms with Crippen LogP contribution < -0.4 is 11.3 Å². The molecule has 0 aliphatic heterocycles. The van der Waals surface area contributed by atoms with E-state index in [4.69, 9.17) is 10.9 Å². The molecule has 0 fully saturated rings. The Morgan fingerprint density at radius 1 is 1.38 bits per heavy atom. The van der Waals surface area contributed by atoms with Crippen LogP contribution in [0.2, 0.25) is 0 Å². The molecule has 0 bridgehead atoms. The molecule has 0 aromatic heterocycles. The lowest BCUT2D eigenvalue weighted by atomic mass is 10.1. The number of phenolic OH excluding ortho intramolecular Hbond substituents is 1. The Bertz CT molecular complexity index is 282. The zero-order chi connectivity index (χ0) is 9.68. The summed E-state index contributed by atoms with van der Waals surface area (Å²) >= 11 is 0. The zero-order valence-corrected chi connectivity index (χ0v) is 7.16. The maximum absolute atomic E-state index is 10.8. The van der Waals surface area contributed by atoms with Crippen molar-refractivity contribution in [1.82, 2.24) is 5.43 Å². The number of hydrogen-bond donors (Lipinski definition) is 3. The highest BCUT2D eigenvalue weighted by Gasteiger charge is 1.99. The zero-order valence-electron chi connectivity index (χ0n) is 7.16. The molecule has 1 amide bonds. The minimum absolute atomic E-state index is 0.187. The number of phenols is 1. The molecule has 1 aromatic rings. The first-order valence-corrected chi connectivity index (χ1v) is 3.99. The van der Waals surface area contributed by atoms with Crippen LogP contribution in [0.4, 0.5) is 0 Å². The molecule has 4 heteroatoms. The smallest absolute Gasteiger partial charge is 0.234 e. The fourth-order valence-corrected chi connectivity index (χ4v) is 0.993. The maximum atomic E-state index is 10.8. The molecule has 1 aromatic carbocycles. The van der Waals surface area contributed by atoms with Gasteiger partial charge in [-0.15, -0.1) is 0 Å². The standard InChI is InChI=1S/C9H12N2O2/c10-11-9(13)6-3-7-1-4-8(12)5-2-7/h1-2,4-5,12H,3,6,10H2,(H,11,13). The van der Waals surface area contributed by atoms with Crippen molar-refractivity contribution in [3.63, 3.8) is 0 Å². The summed E-state index contributed by atoms with van der Waals surface area (Å²) < 4.78 is 0. The first kappa shape index (κ1) is 9.54. The topological polar surface area (TPSA) is 75.3 Å². The molecule has 0 radical (unpaired) electrons. The molecule has 0 unspecified atom stereocenters. The average molecular weight is 180 g/mol. The Kier molecular flexibility index (Phi) is 3.28. The average Bonchev–Trinajstić information content (AvgIpc) is 2.16. The van der Waals surface area contributed by atoms with Crippen molar-refractivity contribution >= 4 is 5.91 Å². The van der Waals surface area contributed by atoms with E-state index in [-0.39, 0.29) is 11.7 Å². The van der Waals surface area contributed by atoms with Crippen LogP contribution in [0.15, 0.2) is 24.3 Å². The molecule has 4 nitrogen and oxygen atoms in total. The number of benzene rings is 1. The number of aromatic hydroxyl groups is 1. The summed E-state index contributed by atoms with van der Waals surface area (Å²) in [5.41, 5.74) is 3.06. The lowest BCUT2D eigenvalue weighted by Gasteiger charge is -2.00. The Morgan fingerprint density at radius 3 is 2.54 bits per heavy atom. The van der Waals surface area contributed by atoms with Gasteiger partial charge in [-0.05, 0) is 24.1 Å². The van der Waals surface area contributed by atoms with E-state index < -0.39 is 0 Å². The lowest BCUT2D eigenvalue weighted by Crippen LogP contribution is -2.30. The molecule has 13 heavy (non-hydrogen) atoms. The van der Waals surface area contributed by atoms with E-state index >= 15 is 0 Å². The van der Waals surface area contributed by atoms with Crippen LogP contribution in [0.25, 0.3) is 0 Å². The van der Waals surface area contributed by atoms with E-state index in [1.165, 1.54) is 0 Å². The summed E-state index contributed by atoms with van der Waals surface area (Å²) in [4.78, 5) is 10.8. The monoisotopic (exact) mass is 180 g/mol. The van der Waals surface area contributed by atoms with E-state index in [1.54, 1.807) is 24.3 Å². The normalized spacial score (nSPS) is 9.62. The Hall–Kier alpha value is -1.55. The van der Waals surface area contributed by atoms with Crippen molar-refractivity contribution < 1.29 is 9.90 Å². The molecule has 0 aliphatic carbocycles. The molecule has 70 valence electrons. The van der Waals surface area contributed by atoms with Crippen molar-refractivity contribution in [2.45, 2.75) is 12.8 Å². The van der Waals surface area contributed by atoms with Gasteiger partial charge in [0.2, 0.25) is 5.91 Å². The third-order valence-electron chi connectivity index (χ3n) is 1.74. The number of nitrogens with two attached hydrogens (primary N) is 1. The van der Waals surface area contributed by atoms with Crippen LogP contribution in [0.1, 0.15) is 12.0 Å². The highest BCUT2D eigenvalue weighted by Crippen LogP contribution is 2.10. The molecule has 0 heterocycles. The predicted molar refractivity (Wildman–Crippen MR) is 48.8 cm³/mol. The largest absolute Gasteiger partial charge is 0.508 e. The Balaban J connectivity index is 2.46.